The van der Waals surface area contributed by atoms with E-state index in [0.29, 0.717) is 12.8 Å². The molecule has 1 amide bonds. The van der Waals surface area contributed by atoms with Gasteiger partial charge in [-0.15, -0.1) is 0 Å². The van der Waals surface area contributed by atoms with Gasteiger partial charge in [0.25, 0.3) is 6.29 Å². The van der Waals surface area contributed by atoms with E-state index in [4.69, 9.17) is 9.47 Å². The van der Waals surface area contributed by atoms with Crippen molar-refractivity contribution in [2.45, 2.75) is 66.1 Å². The Kier molecular flexibility index (Phi) is 10.9. The van der Waals surface area contributed by atoms with Crippen molar-refractivity contribution in [2.24, 2.45) is 11.8 Å². The van der Waals surface area contributed by atoms with Gasteiger partial charge in [-0.2, -0.15) is 0 Å². The molecule has 0 fully saturated rings. The molecule has 148 valence electrons. The number of halogens is 1. The summed E-state index contributed by atoms with van der Waals surface area (Å²) in [6, 6.07) is 0. The Hall–Kier alpha value is -1.14. The molecule has 0 saturated heterocycles. The number of esters is 1. The third-order valence-electron chi connectivity index (χ3n) is 3.39. The van der Waals surface area contributed by atoms with Crippen LogP contribution in [0.2, 0.25) is 0 Å². The minimum Gasteiger partial charge on any atom is -0.425 e. The lowest BCUT2D eigenvalue weighted by molar-refractivity contribution is -0.178. The number of unbranched alkanes of at least 4 members (excludes halogenated alkanes) is 1. The topological polar surface area (TPSA) is 102 Å². The molecule has 0 heterocycles. The Morgan fingerprint density at radius 2 is 1.80 bits per heavy atom. The molecule has 0 aliphatic rings. The molecule has 0 spiro atoms. The zero-order valence-electron chi connectivity index (χ0n) is 15.7. The van der Waals surface area contributed by atoms with Gasteiger partial charge < -0.3 is 19.7 Å². The van der Waals surface area contributed by atoms with Gasteiger partial charge in [-0.1, -0.05) is 41.0 Å². The molecule has 0 aliphatic heterocycles. The number of hydrogen-bond donors (Lipinski definition) is 2. The van der Waals surface area contributed by atoms with Gasteiger partial charge in [0.05, 0.1) is 5.92 Å². The van der Waals surface area contributed by atoms with Crippen LogP contribution in [-0.2, 0) is 18.8 Å². The fourth-order valence-corrected chi connectivity index (χ4v) is 3.30. The number of carbonyl (C=O) groups excluding carboxylic acids is 2. The van der Waals surface area contributed by atoms with Crippen molar-refractivity contribution in [2.75, 3.05) is 12.7 Å². The van der Waals surface area contributed by atoms with Crippen molar-refractivity contribution in [3.63, 3.8) is 0 Å². The maximum atomic E-state index is 13.8. The second-order valence-corrected chi connectivity index (χ2v) is 9.11. The Balaban J connectivity index is 4.36. The molecular formula is C16H31FNO6P. The second-order valence-electron chi connectivity index (χ2n) is 6.59. The quantitative estimate of drug-likeness (QED) is 0.321. The lowest BCUT2D eigenvalue weighted by Crippen LogP contribution is -2.36. The number of carbonyl (C=O) groups is 2. The maximum absolute atomic E-state index is 13.8. The third-order valence-corrected chi connectivity index (χ3v) is 5.48. The minimum atomic E-state index is -3.86. The van der Waals surface area contributed by atoms with Crippen LogP contribution in [0.5, 0.6) is 0 Å². The van der Waals surface area contributed by atoms with E-state index in [1.54, 1.807) is 27.7 Å². The number of nitrogens with one attached hydrogen (secondary N) is 1. The van der Waals surface area contributed by atoms with E-state index in [1.165, 1.54) is 0 Å². The van der Waals surface area contributed by atoms with Crippen LogP contribution in [0.15, 0.2) is 0 Å². The van der Waals surface area contributed by atoms with E-state index in [-0.39, 0.29) is 31.0 Å². The van der Waals surface area contributed by atoms with E-state index in [0.717, 1.165) is 0 Å². The number of rotatable bonds is 11. The van der Waals surface area contributed by atoms with Crippen molar-refractivity contribution in [3.05, 3.63) is 0 Å². The average Bonchev–Trinajstić information content (AvgIpc) is 2.51. The molecule has 0 aromatic rings. The first-order valence-corrected chi connectivity index (χ1v) is 10.5. The van der Waals surface area contributed by atoms with Gasteiger partial charge in [0.1, 0.15) is 0 Å². The monoisotopic (exact) mass is 383 g/mol. The van der Waals surface area contributed by atoms with Crippen LogP contribution in [0.3, 0.4) is 0 Å². The predicted octanol–water partition coefficient (Wildman–Crippen LogP) is 3.65. The van der Waals surface area contributed by atoms with E-state index in [1.807, 2.05) is 6.92 Å². The van der Waals surface area contributed by atoms with E-state index in [9.17, 15) is 23.4 Å². The largest absolute Gasteiger partial charge is 0.425 e. The zero-order valence-corrected chi connectivity index (χ0v) is 16.6. The summed E-state index contributed by atoms with van der Waals surface area (Å²) in [4.78, 5) is 33.0. The highest BCUT2D eigenvalue weighted by molar-refractivity contribution is 7.58. The van der Waals surface area contributed by atoms with Gasteiger partial charge in [-0.3, -0.25) is 9.36 Å². The van der Waals surface area contributed by atoms with Gasteiger partial charge in [0.15, 0.2) is 5.91 Å². The molecule has 1 unspecified atom stereocenters. The van der Waals surface area contributed by atoms with E-state index >= 15 is 0 Å². The van der Waals surface area contributed by atoms with Crippen molar-refractivity contribution >= 4 is 19.4 Å². The lowest BCUT2D eigenvalue weighted by atomic mass is 10.2. The Labute approximate surface area is 149 Å². The summed E-state index contributed by atoms with van der Waals surface area (Å²) in [5.74, 6) is -3.00. The molecule has 0 radical (unpaired) electrons. The fraction of sp³-hybridized carbons (Fsp3) is 0.875. The molecule has 9 heteroatoms. The third kappa shape index (κ3) is 9.80. The number of alkyl carbamates (subject to hydrolysis) is 1. The minimum absolute atomic E-state index is 0.0737. The molecular weight excluding hydrogens is 352 g/mol. The number of alkyl halides is 1. The van der Waals surface area contributed by atoms with Gasteiger partial charge in [0, 0.05) is 25.0 Å². The smallest absolute Gasteiger partial charge is 0.410 e. The Bertz CT molecular complexity index is 472. The summed E-state index contributed by atoms with van der Waals surface area (Å²) < 4.78 is 35.7. The second kappa shape index (κ2) is 11.5. The van der Waals surface area contributed by atoms with Crippen LogP contribution in [-0.4, -0.2) is 41.9 Å². The lowest BCUT2D eigenvalue weighted by Gasteiger charge is -2.22. The van der Waals surface area contributed by atoms with Crippen LogP contribution >= 0.6 is 7.37 Å². The van der Waals surface area contributed by atoms with E-state index < -0.39 is 31.6 Å². The van der Waals surface area contributed by atoms with Crippen LogP contribution < -0.4 is 5.32 Å². The molecule has 0 aliphatic carbocycles. The van der Waals surface area contributed by atoms with Crippen LogP contribution in [0.25, 0.3) is 0 Å². The van der Waals surface area contributed by atoms with Crippen LogP contribution in [0.4, 0.5) is 9.18 Å². The first kappa shape index (κ1) is 23.9. The summed E-state index contributed by atoms with van der Waals surface area (Å²) in [7, 11) is -3.86. The van der Waals surface area contributed by atoms with Gasteiger partial charge in [-0.05, 0) is 6.42 Å². The predicted molar refractivity (Wildman–Crippen MR) is 93.2 cm³/mol. The summed E-state index contributed by atoms with van der Waals surface area (Å²) >= 11 is 0. The van der Waals surface area contributed by atoms with Crippen molar-refractivity contribution < 1.29 is 32.9 Å². The van der Waals surface area contributed by atoms with E-state index in [2.05, 4.69) is 5.32 Å². The van der Waals surface area contributed by atoms with Crippen molar-refractivity contribution in [1.29, 1.82) is 0 Å². The first-order valence-electron chi connectivity index (χ1n) is 8.61. The molecule has 7 nitrogen and oxygen atoms in total. The van der Waals surface area contributed by atoms with Gasteiger partial charge >= 0.3 is 12.1 Å². The summed E-state index contributed by atoms with van der Waals surface area (Å²) in [6.07, 6.45) is -1.11. The van der Waals surface area contributed by atoms with Crippen LogP contribution in [0, 0.1) is 11.8 Å². The molecule has 2 N–H and O–H groups in total. The average molecular weight is 383 g/mol. The SMILES string of the molecule is CCCCP(=O)(O)[C@@H](F)CCNC(=O)O[C@@H](OC(=O)C(C)C)C(C)C. The molecule has 3 atom stereocenters. The highest BCUT2D eigenvalue weighted by Gasteiger charge is 2.30. The number of ether oxygens (including phenoxy) is 2. The fourth-order valence-electron chi connectivity index (χ4n) is 1.71. The highest BCUT2D eigenvalue weighted by atomic mass is 31.2. The molecule has 0 rings (SSSR count). The summed E-state index contributed by atoms with van der Waals surface area (Å²) in [5.41, 5.74) is 0. The Morgan fingerprint density at radius 1 is 1.20 bits per heavy atom. The van der Waals surface area contributed by atoms with Gasteiger partial charge in [0.2, 0.25) is 7.37 Å². The zero-order chi connectivity index (χ0) is 19.6. The van der Waals surface area contributed by atoms with Crippen molar-refractivity contribution in [3.8, 4) is 0 Å². The maximum Gasteiger partial charge on any atom is 0.410 e. The number of hydrogen-bond acceptors (Lipinski definition) is 5. The van der Waals surface area contributed by atoms with Gasteiger partial charge in [-0.25, -0.2) is 9.18 Å². The summed E-state index contributed by atoms with van der Waals surface area (Å²) in [5, 5.41) is 2.30. The molecule has 0 aromatic carbocycles. The molecule has 0 bridgehead atoms. The molecule has 25 heavy (non-hydrogen) atoms. The first-order chi connectivity index (χ1) is 11.5. The van der Waals surface area contributed by atoms with Crippen molar-refractivity contribution in [1.82, 2.24) is 5.32 Å². The normalized spacial score (nSPS) is 16.2. The molecule has 0 aromatic heterocycles. The summed E-state index contributed by atoms with van der Waals surface area (Å²) in [6.45, 7) is 8.46. The molecule has 0 saturated carbocycles. The Morgan fingerprint density at radius 3 is 2.28 bits per heavy atom. The standard InChI is InChI=1S/C16H31FNO6P/c1-6-7-10-25(21,22)13(17)8-9-18-16(20)24-15(12(4)5)23-14(19)11(2)3/h11-13,15H,6-10H2,1-5H3,(H,18,20)(H,21,22)/t13-,15-/m1/s1. The van der Waals surface area contributed by atoms with Crippen LogP contribution in [0.1, 0.15) is 53.9 Å². The highest BCUT2D eigenvalue weighted by Crippen LogP contribution is 2.49. The number of amides is 1.